The van der Waals surface area contributed by atoms with Gasteiger partial charge in [-0.3, -0.25) is 0 Å². The van der Waals surface area contributed by atoms with Crippen molar-refractivity contribution in [1.82, 2.24) is 19.4 Å². The van der Waals surface area contributed by atoms with Gasteiger partial charge in [0.25, 0.3) is 0 Å². The first kappa shape index (κ1) is 27.5. The highest BCUT2D eigenvalue weighted by atomic mass is 35.5. The van der Waals surface area contributed by atoms with Gasteiger partial charge >= 0.3 is 0 Å². The van der Waals surface area contributed by atoms with E-state index >= 15 is 0 Å². The number of hydrogen-bond donors (Lipinski definition) is 3. The van der Waals surface area contributed by atoms with Crippen LogP contribution < -0.4 is 20.3 Å². The highest BCUT2D eigenvalue weighted by Gasteiger charge is 2.18. The molecule has 10 heteroatoms. The number of nitrogens with zero attached hydrogens (tertiary/aromatic N) is 5. The number of para-hydroxylation sites is 1. The average molecular weight is 538 g/mol. The Balaban J connectivity index is 1.69. The van der Waals surface area contributed by atoms with Crippen LogP contribution in [0.25, 0.3) is 22.2 Å². The molecule has 38 heavy (non-hydrogen) atoms. The molecule has 0 spiro atoms. The minimum absolute atomic E-state index is 0.343. The topological polar surface area (TPSA) is 90.7 Å². The van der Waals surface area contributed by atoms with Gasteiger partial charge < -0.3 is 34.8 Å². The number of ether oxygens (including phenoxy) is 1. The van der Waals surface area contributed by atoms with Gasteiger partial charge in [-0.25, -0.2) is 9.97 Å². The predicted octanol–water partition coefficient (Wildman–Crippen LogP) is 4.74. The molecule has 0 aliphatic rings. The largest absolute Gasteiger partial charge is 0.494 e. The van der Waals surface area contributed by atoms with Crippen molar-refractivity contribution in [2.75, 3.05) is 62.8 Å². The van der Waals surface area contributed by atoms with E-state index in [1.54, 1.807) is 13.3 Å². The van der Waals surface area contributed by atoms with Crippen LogP contribution >= 0.6 is 11.6 Å². The van der Waals surface area contributed by atoms with Gasteiger partial charge in [-0.1, -0.05) is 18.2 Å². The second kappa shape index (κ2) is 12.3. The Bertz CT molecular complexity index is 1370. The highest BCUT2D eigenvalue weighted by Crippen LogP contribution is 2.38. The zero-order chi connectivity index (χ0) is 27.2. The summed E-state index contributed by atoms with van der Waals surface area (Å²) in [6.07, 6.45) is 3.44. The SMILES string of the molecule is COc1cc(N(C)CCN(C)C)c(NC(O)CCCl)cc1Nc1nccc(-c2cn(C)c3ccccc23)n1. The molecule has 0 aliphatic heterocycles. The molecule has 2 heterocycles. The van der Waals surface area contributed by atoms with Crippen LogP contribution in [0.5, 0.6) is 5.75 Å². The van der Waals surface area contributed by atoms with E-state index in [-0.39, 0.29) is 0 Å². The molecule has 3 N–H and O–H groups in total. The monoisotopic (exact) mass is 537 g/mol. The number of aromatic nitrogens is 3. The summed E-state index contributed by atoms with van der Waals surface area (Å²) >= 11 is 5.87. The van der Waals surface area contributed by atoms with Crippen molar-refractivity contribution in [3.63, 3.8) is 0 Å². The standard InChI is InChI=1S/C28H36ClN7O2/c1-34(2)14-15-35(3)25-17-26(38-5)23(16-22(25)31-27(37)10-12-29)33-28-30-13-11-21(32-28)20-18-36(4)24-9-7-6-8-19(20)24/h6-9,11,13,16-18,27,31,37H,10,12,14-15H2,1-5H3,(H,30,32,33). The molecule has 0 aliphatic carbocycles. The van der Waals surface area contributed by atoms with Crippen molar-refractivity contribution in [3.05, 3.63) is 54.9 Å². The molecule has 202 valence electrons. The van der Waals surface area contributed by atoms with Crippen molar-refractivity contribution in [2.24, 2.45) is 7.05 Å². The summed E-state index contributed by atoms with van der Waals surface area (Å²) in [5, 5.41) is 18.1. The normalized spacial score (nSPS) is 12.1. The fourth-order valence-electron chi connectivity index (χ4n) is 4.33. The van der Waals surface area contributed by atoms with Crippen molar-refractivity contribution >= 4 is 45.5 Å². The number of anilines is 4. The molecule has 4 aromatic rings. The number of alkyl halides is 1. The Hall–Kier alpha value is -3.53. The van der Waals surface area contributed by atoms with Crippen LogP contribution in [0.1, 0.15) is 6.42 Å². The van der Waals surface area contributed by atoms with E-state index in [0.29, 0.717) is 29.7 Å². The molecule has 4 rings (SSSR count). The molecule has 2 aromatic carbocycles. The third kappa shape index (κ3) is 6.30. The van der Waals surface area contributed by atoms with Crippen molar-refractivity contribution in [3.8, 4) is 17.0 Å². The van der Waals surface area contributed by atoms with Crippen molar-refractivity contribution in [1.29, 1.82) is 0 Å². The van der Waals surface area contributed by atoms with Crippen LogP contribution in [-0.4, -0.2) is 78.0 Å². The lowest BCUT2D eigenvalue weighted by atomic mass is 10.1. The smallest absolute Gasteiger partial charge is 0.227 e. The van der Waals surface area contributed by atoms with Crippen LogP contribution in [0.15, 0.2) is 54.9 Å². The molecule has 1 atom stereocenters. The van der Waals surface area contributed by atoms with Gasteiger partial charge in [0.15, 0.2) is 0 Å². The summed E-state index contributed by atoms with van der Waals surface area (Å²) in [6, 6.07) is 14.0. The van der Waals surface area contributed by atoms with E-state index in [1.807, 2.05) is 58.5 Å². The number of aryl methyl sites for hydroxylation is 1. The molecule has 0 amide bonds. The molecule has 9 nitrogen and oxygen atoms in total. The van der Waals surface area contributed by atoms with Crippen LogP contribution in [-0.2, 0) is 7.05 Å². The number of halogens is 1. The predicted molar refractivity (Wildman–Crippen MR) is 157 cm³/mol. The summed E-state index contributed by atoms with van der Waals surface area (Å²) in [6.45, 7) is 1.66. The van der Waals surface area contributed by atoms with E-state index in [4.69, 9.17) is 21.3 Å². The summed E-state index contributed by atoms with van der Waals surface area (Å²) in [5.41, 5.74) is 5.30. The molecule has 0 saturated heterocycles. The maximum absolute atomic E-state index is 10.5. The van der Waals surface area contributed by atoms with Gasteiger partial charge in [0.1, 0.15) is 12.0 Å². The number of aliphatic hydroxyl groups excluding tert-OH is 1. The van der Waals surface area contributed by atoms with E-state index in [1.165, 1.54) is 0 Å². The lowest BCUT2D eigenvalue weighted by Gasteiger charge is -2.27. The van der Waals surface area contributed by atoms with Gasteiger partial charge in [-0.2, -0.15) is 0 Å². The first-order valence-electron chi connectivity index (χ1n) is 12.5. The Kier molecular flexibility index (Phi) is 8.93. The third-order valence-corrected chi connectivity index (χ3v) is 6.61. The molecule has 0 fully saturated rings. The van der Waals surface area contributed by atoms with Crippen molar-refractivity contribution < 1.29 is 9.84 Å². The zero-order valence-corrected chi connectivity index (χ0v) is 23.3. The summed E-state index contributed by atoms with van der Waals surface area (Å²) < 4.78 is 7.84. The summed E-state index contributed by atoms with van der Waals surface area (Å²) in [4.78, 5) is 13.5. The third-order valence-electron chi connectivity index (χ3n) is 6.39. The Morgan fingerprint density at radius 2 is 1.89 bits per heavy atom. The van der Waals surface area contributed by atoms with Gasteiger partial charge in [-0.05, 0) is 32.3 Å². The number of fused-ring (bicyclic) bond motifs is 1. The number of methoxy groups -OCH3 is 1. The van der Waals surface area contributed by atoms with Gasteiger partial charge in [-0.15, -0.1) is 11.6 Å². The number of likely N-dealkylation sites (N-methyl/N-ethyl adjacent to an activating group) is 2. The van der Waals surface area contributed by atoms with Crippen LogP contribution in [0.3, 0.4) is 0 Å². The quantitative estimate of drug-likeness (QED) is 0.176. The number of hydrogen-bond acceptors (Lipinski definition) is 8. The fourth-order valence-corrected chi connectivity index (χ4v) is 4.53. The lowest BCUT2D eigenvalue weighted by Crippen LogP contribution is -2.30. The van der Waals surface area contributed by atoms with Crippen molar-refractivity contribution in [2.45, 2.75) is 12.6 Å². The second-order valence-corrected chi connectivity index (χ2v) is 9.87. The first-order valence-corrected chi connectivity index (χ1v) is 13.1. The summed E-state index contributed by atoms with van der Waals surface area (Å²) in [7, 11) is 9.75. The Morgan fingerprint density at radius 3 is 2.63 bits per heavy atom. The Morgan fingerprint density at radius 1 is 1.11 bits per heavy atom. The minimum Gasteiger partial charge on any atom is -0.494 e. The highest BCUT2D eigenvalue weighted by molar-refractivity contribution is 6.17. The van der Waals surface area contributed by atoms with Gasteiger partial charge in [0.2, 0.25) is 5.95 Å². The Labute approximate surface area is 229 Å². The number of aliphatic hydroxyl groups is 1. The lowest BCUT2D eigenvalue weighted by molar-refractivity contribution is 0.200. The zero-order valence-electron chi connectivity index (χ0n) is 22.6. The minimum atomic E-state index is -0.791. The van der Waals surface area contributed by atoms with Gasteiger partial charge in [0.05, 0.1) is 29.9 Å². The maximum Gasteiger partial charge on any atom is 0.227 e. The maximum atomic E-state index is 10.5. The molecular formula is C28H36ClN7O2. The number of benzene rings is 2. The molecule has 0 saturated carbocycles. The van der Waals surface area contributed by atoms with E-state index in [0.717, 1.165) is 46.6 Å². The molecule has 0 radical (unpaired) electrons. The second-order valence-electron chi connectivity index (χ2n) is 9.49. The fraction of sp³-hybridized carbons (Fsp3) is 0.357. The molecule has 2 aromatic heterocycles. The average Bonchev–Trinajstić information content (AvgIpc) is 3.24. The molecule has 1 unspecified atom stereocenters. The van der Waals surface area contributed by atoms with Crippen LogP contribution in [0.4, 0.5) is 23.0 Å². The van der Waals surface area contributed by atoms with Crippen LogP contribution in [0.2, 0.25) is 0 Å². The first-order chi connectivity index (χ1) is 18.3. The van der Waals surface area contributed by atoms with E-state index < -0.39 is 6.23 Å². The number of nitrogens with one attached hydrogen (secondary N) is 2. The number of rotatable bonds is 12. The van der Waals surface area contributed by atoms with E-state index in [2.05, 4.69) is 48.3 Å². The molecular weight excluding hydrogens is 502 g/mol. The molecule has 0 bridgehead atoms. The van der Waals surface area contributed by atoms with Gasteiger partial charge in [0, 0.05) is 74.4 Å². The van der Waals surface area contributed by atoms with E-state index in [9.17, 15) is 5.11 Å². The summed E-state index contributed by atoms with van der Waals surface area (Å²) in [5.74, 6) is 1.42. The van der Waals surface area contributed by atoms with Crippen LogP contribution in [0, 0.1) is 0 Å².